The number of alkyl halides is 1. The van der Waals surface area contributed by atoms with Gasteiger partial charge in [0.25, 0.3) is 0 Å². The number of benzene rings is 1. The molecule has 1 aromatic carbocycles. The fourth-order valence-corrected chi connectivity index (χ4v) is 2.03. The van der Waals surface area contributed by atoms with Gasteiger partial charge in [-0.05, 0) is 41.9 Å². The molecule has 1 rings (SSSR count). The molecule has 0 aliphatic carbocycles. The van der Waals surface area contributed by atoms with Gasteiger partial charge in [0.15, 0.2) is 0 Å². The van der Waals surface area contributed by atoms with Crippen LogP contribution in [0.25, 0.3) is 0 Å². The summed E-state index contributed by atoms with van der Waals surface area (Å²) in [7, 11) is 0. The van der Waals surface area contributed by atoms with Crippen LogP contribution in [0.3, 0.4) is 0 Å². The van der Waals surface area contributed by atoms with Gasteiger partial charge in [0.1, 0.15) is 5.82 Å². The lowest BCUT2D eigenvalue weighted by atomic mass is 9.95. The Morgan fingerprint density at radius 1 is 1.53 bits per heavy atom. The largest absolute Gasteiger partial charge is 0.323 e. The zero-order valence-electron chi connectivity index (χ0n) is 9.28. The minimum atomic E-state index is -0.724. The van der Waals surface area contributed by atoms with Crippen LogP contribution in [0.4, 0.5) is 10.1 Å². The van der Waals surface area contributed by atoms with Gasteiger partial charge in [0, 0.05) is 10.4 Å². The van der Waals surface area contributed by atoms with Crippen LogP contribution in [0.5, 0.6) is 0 Å². The highest BCUT2D eigenvalue weighted by Gasteiger charge is 2.27. The summed E-state index contributed by atoms with van der Waals surface area (Å²) < 4.78 is 13.4. The smallest absolute Gasteiger partial charge is 0.231 e. The van der Waals surface area contributed by atoms with Crippen LogP contribution in [-0.4, -0.2) is 11.8 Å². The molecule has 0 radical (unpaired) electrons. The summed E-state index contributed by atoms with van der Waals surface area (Å²) in [6.07, 6.45) is 0. The summed E-state index contributed by atoms with van der Waals surface area (Å²) in [6, 6.07) is 2.37. The fraction of sp³-hybridized carbons (Fsp3) is 0.364. The van der Waals surface area contributed by atoms with Crippen molar-refractivity contribution in [1.82, 2.24) is 0 Å². The van der Waals surface area contributed by atoms with Gasteiger partial charge in [-0.15, -0.1) is 11.6 Å². The topological polar surface area (TPSA) is 29.1 Å². The van der Waals surface area contributed by atoms with Crippen molar-refractivity contribution >= 4 is 50.7 Å². The molecule has 0 saturated heterocycles. The molecule has 0 heterocycles. The molecule has 1 amide bonds. The maximum absolute atomic E-state index is 13.0. The van der Waals surface area contributed by atoms with E-state index < -0.39 is 11.2 Å². The van der Waals surface area contributed by atoms with Crippen LogP contribution in [0.2, 0.25) is 5.02 Å². The van der Waals surface area contributed by atoms with Gasteiger partial charge in [-0.25, -0.2) is 4.39 Å². The summed E-state index contributed by atoms with van der Waals surface area (Å²) in [5, 5.41) is 2.76. The average molecular weight is 343 g/mol. The van der Waals surface area contributed by atoms with Crippen LogP contribution in [0, 0.1) is 11.2 Å². The lowest BCUT2D eigenvalue weighted by molar-refractivity contribution is -0.122. The number of amides is 1. The van der Waals surface area contributed by atoms with Crippen LogP contribution in [0.1, 0.15) is 13.8 Å². The van der Waals surface area contributed by atoms with E-state index in [0.29, 0.717) is 10.2 Å². The van der Waals surface area contributed by atoms with Crippen LogP contribution in [0.15, 0.2) is 16.6 Å². The van der Waals surface area contributed by atoms with E-state index in [9.17, 15) is 9.18 Å². The lowest BCUT2D eigenvalue weighted by Crippen LogP contribution is -2.32. The highest BCUT2D eigenvalue weighted by molar-refractivity contribution is 9.10. The third kappa shape index (κ3) is 3.57. The van der Waals surface area contributed by atoms with Crippen LogP contribution < -0.4 is 5.32 Å². The van der Waals surface area contributed by atoms with Gasteiger partial charge in [-0.3, -0.25) is 4.79 Å². The van der Waals surface area contributed by atoms with E-state index >= 15 is 0 Å². The van der Waals surface area contributed by atoms with Crippen molar-refractivity contribution in [3.63, 3.8) is 0 Å². The zero-order valence-corrected chi connectivity index (χ0v) is 12.4. The summed E-state index contributed by atoms with van der Waals surface area (Å²) >= 11 is 14.7. The maximum Gasteiger partial charge on any atom is 0.231 e. The van der Waals surface area contributed by atoms with Crippen LogP contribution >= 0.6 is 39.1 Å². The third-order valence-electron chi connectivity index (χ3n) is 2.19. The van der Waals surface area contributed by atoms with Gasteiger partial charge in [0.05, 0.1) is 16.1 Å². The van der Waals surface area contributed by atoms with Gasteiger partial charge in [0.2, 0.25) is 5.91 Å². The van der Waals surface area contributed by atoms with E-state index in [1.807, 2.05) is 0 Å². The Morgan fingerprint density at radius 3 is 2.59 bits per heavy atom. The highest BCUT2D eigenvalue weighted by Crippen LogP contribution is 2.33. The second-order valence-electron chi connectivity index (χ2n) is 4.22. The molecule has 0 aliphatic rings. The molecule has 1 N–H and O–H groups in total. The van der Waals surface area contributed by atoms with E-state index in [4.69, 9.17) is 23.2 Å². The monoisotopic (exact) mass is 341 g/mol. The second kappa shape index (κ2) is 5.55. The predicted octanol–water partition coefficient (Wildman–Crippen LogP) is 4.45. The normalized spacial score (nSPS) is 11.4. The van der Waals surface area contributed by atoms with Gasteiger partial charge in [-0.2, -0.15) is 0 Å². The van der Waals surface area contributed by atoms with Crippen molar-refractivity contribution in [1.29, 1.82) is 0 Å². The SMILES string of the molecule is CC(C)(CCl)C(=O)Nc1c(Cl)cc(F)cc1Br. The number of anilines is 1. The molecule has 1 aromatic rings. The molecular formula is C11H11BrCl2FNO. The Labute approximate surface area is 118 Å². The Kier molecular flexibility index (Phi) is 4.81. The standard InChI is InChI=1S/C11H11BrCl2FNO/c1-11(2,5-13)10(17)16-9-7(12)3-6(15)4-8(9)14/h3-4H,5H2,1-2H3,(H,16,17). The molecule has 17 heavy (non-hydrogen) atoms. The summed E-state index contributed by atoms with van der Waals surface area (Å²) in [5.74, 6) is -0.576. The molecule has 0 saturated carbocycles. The lowest BCUT2D eigenvalue weighted by Gasteiger charge is -2.21. The molecule has 6 heteroatoms. The molecule has 0 aliphatic heterocycles. The Balaban J connectivity index is 3.01. The first-order chi connectivity index (χ1) is 7.77. The second-order valence-corrected chi connectivity index (χ2v) is 5.74. The van der Waals surface area contributed by atoms with E-state index in [1.165, 1.54) is 6.07 Å². The Morgan fingerprint density at radius 2 is 2.12 bits per heavy atom. The molecular weight excluding hydrogens is 332 g/mol. The molecule has 0 spiro atoms. The van der Waals surface area contributed by atoms with Crippen molar-refractivity contribution in [2.24, 2.45) is 5.41 Å². The van der Waals surface area contributed by atoms with Gasteiger partial charge < -0.3 is 5.32 Å². The first-order valence-electron chi connectivity index (χ1n) is 4.80. The van der Waals surface area contributed by atoms with Crippen molar-refractivity contribution in [2.75, 3.05) is 11.2 Å². The Hall–Kier alpha value is -0.320. The summed E-state index contributed by atoms with van der Waals surface area (Å²) in [4.78, 5) is 11.9. The third-order valence-corrected chi connectivity index (χ3v) is 3.79. The predicted molar refractivity (Wildman–Crippen MR) is 72.2 cm³/mol. The van der Waals surface area contributed by atoms with Crippen molar-refractivity contribution in [3.05, 3.63) is 27.4 Å². The quantitative estimate of drug-likeness (QED) is 0.808. The van der Waals surface area contributed by atoms with E-state index in [0.717, 1.165) is 6.07 Å². The van der Waals surface area contributed by atoms with Gasteiger partial charge in [-0.1, -0.05) is 11.6 Å². The van der Waals surface area contributed by atoms with Crippen molar-refractivity contribution in [2.45, 2.75) is 13.8 Å². The minimum absolute atomic E-state index is 0.135. The number of hydrogen-bond acceptors (Lipinski definition) is 1. The highest BCUT2D eigenvalue weighted by atomic mass is 79.9. The number of carbonyl (C=O) groups excluding carboxylic acids is 1. The van der Waals surface area contributed by atoms with Crippen molar-refractivity contribution < 1.29 is 9.18 Å². The first-order valence-corrected chi connectivity index (χ1v) is 6.50. The molecule has 0 bridgehead atoms. The first kappa shape index (κ1) is 14.7. The molecule has 0 unspecified atom stereocenters. The fourth-order valence-electron chi connectivity index (χ4n) is 1.01. The number of nitrogens with one attached hydrogen (secondary N) is 1. The minimum Gasteiger partial charge on any atom is -0.323 e. The Bertz CT molecular complexity index is 428. The van der Waals surface area contributed by atoms with Crippen LogP contribution in [-0.2, 0) is 4.79 Å². The molecule has 2 nitrogen and oxygen atoms in total. The molecule has 0 fully saturated rings. The molecule has 94 valence electrons. The molecule has 0 atom stereocenters. The summed E-state index contributed by atoms with van der Waals surface area (Å²) in [6.45, 7) is 3.42. The average Bonchev–Trinajstić information content (AvgIpc) is 2.22. The van der Waals surface area contributed by atoms with E-state index in [1.54, 1.807) is 13.8 Å². The number of halogens is 4. The van der Waals surface area contributed by atoms with E-state index in [-0.39, 0.29) is 16.8 Å². The number of carbonyl (C=O) groups is 1. The molecule has 0 aromatic heterocycles. The maximum atomic E-state index is 13.0. The van der Waals surface area contributed by atoms with E-state index in [2.05, 4.69) is 21.2 Å². The zero-order chi connectivity index (χ0) is 13.2. The number of hydrogen-bond donors (Lipinski definition) is 1. The summed E-state index contributed by atoms with van der Waals surface area (Å²) in [5.41, 5.74) is -0.380. The number of rotatable bonds is 3. The van der Waals surface area contributed by atoms with Gasteiger partial charge >= 0.3 is 0 Å². The van der Waals surface area contributed by atoms with Crippen molar-refractivity contribution in [3.8, 4) is 0 Å².